The van der Waals surface area contributed by atoms with E-state index >= 15 is 0 Å². The molecule has 1 atom stereocenters. The monoisotopic (exact) mass is 437 g/mol. The Morgan fingerprint density at radius 3 is 2.56 bits per heavy atom. The third kappa shape index (κ3) is 4.77. The lowest BCUT2D eigenvalue weighted by Crippen LogP contribution is -2.42. The van der Waals surface area contributed by atoms with Gasteiger partial charge in [0.1, 0.15) is 17.3 Å². The van der Waals surface area contributed by atoms with E-state index < -0.39 is 0 Å². The number of hydrogen-bond acceptors (Lipinski definition) is 3. The molecule has 4 rings (SSSR count). The lowest BCUT2D eigenvalue weighted by molar-refractivity contribution is -0.126. The number of nitrogens with zero attached hydrogens (tertiary/aromatic N) is 1. The standard InChI is InChI=1S/C25H28FN3O3/c1-16(24(30)27-15-17-3-6-20(26)7-4-17)18-9-11-29(12-10-18)25(31)23-13-19-5-8-21(32-2)14-22(19)28-23/h3-8,13-14,16,18,28H,9-12,15H2,1-2H3,(H,27,30). The fourth-order valence-electron chi connectivity index (χ4n) is 4.29. The first kappa shape index (κ1) is 21.9. The smallest absolute Gasteiger partial charge is 0.270 e. The van der Waals surface area contributed by atoms with Crippen LogP contribution in [0.3, 0.4) is 0 Å². The van der Waals surface area contributed by atoms with E-state index in [1.54, 1.807) is 19.2 Å². The Bertz CT molecular complexity index is 1100. The number of hydrogen-bond donors (Lipinski definition) is 2. The van der Waals surface area contributed by atoms with E-state index in [4.69, 9.17) is 4.74 Å². The summed E-state index contributed by atoms with van der Waals surface area (Å²) in [5, 5.41) is 3.91. The van der Waals surface area contributed by atoms with Crippen LogP contribution in [0, 0.1) is 17.7 Å². The number of nitrogens with one attached hydrogen (secondary N) is 2. The number of ether oxygens (including phenoxy) is 1. The van der Waals surface area contributed by atoms with Gasteiger partial charge in [-0.15, -0.1) is 0 Å². The molecule has 2 aromatic carbocycles. The molecule has 0 spiro atoms. The number of aromatic amines is 1. The molecule has 1 aliphatic rings. The van der Waals surface area contributed by atoms with E-state index in [-0.39, 0.29) is 29.5 Å². The largest absolute Gasteiger partial charge is 0.497 e. The molecule has 0 bridgehead atoms. The van der Waals surface area contributed by atoms with Crippen LogP contribution in [0.2, 0.25) is 0 Å². The van der Waals surface area contributed by atoms with Gasteiger partial charge in [0.15, 0.2) is 0 Å². The second-order valence-electron chi connectivity index (χ2n) is 8.40. The average Bonchev–Trinajstić information content (AvgIpc) is 3.26. The third-order valence-corrected chi connectivity index (χ3v) is 6.39. The van der Waals surface area contributed by atoms with Crippen LogP contribution in [0.1, 0.15) is 35.8 Å². The highest BCUT2D eigenvalue weighted by Gasteiger charge is 2.30. The van der Waals surface area contributed by atoms with Gasteiger partial charge in [-0.2, -0.15) is 0 Å². The van der Waals surface area contributed by atoms with Crippen molar-refractivity contribution in [2.24, 2.45) is 11.8 Å². The highest BCUT2D eigenvalue weighted by molar-refractivity contribution is 5.98. The molecular weight excluding hydrogens is 409 g/mol. The van der Waals surface area contributed by atoms with Gasteiger partial charge < -0.3 is 19.9 Å². The van der Waals surface area contributed by atoms with Crippen LogP contribution in [0.5, 0.6) is 5.75 Å². The summed E-state index contributed by atoms with van der Waals surface area (Å²) >= 11 is 0. The summed E-state index contributed by atoms with van der Waals surface area (Å²) < 4.78 is 18.3. The Kier molecular flexibility index (Phi) is 6.44. The molecule has 0 saturated carbocycles. The SMILES string of the molecule is COc1ccc2cc(C(=O)N3CCC(C(C)C(=O)NCc4ccc(F)cc4)CC3)[nH]c2c1. The van der Waals surface area contributed by atoms with Gasteiger partial charge in [0.05, 0.1) is 7.11 Å². The Hall–Kier alpha value is -3.35. The van der Waals surface area contributed by atoms with Crippen molar-refractivity contribution < 1.29 is 18.7 Å². The van der Waals surface area contributed by atoms with E-state index in [1.807, 2.05) is 36.1 Å². The molecule has 0 aliphatic carbocycles. The van der Waals surface area contributed by atoms with Gasteiger partial charge in [-0.05, 0) is 54.7 Å². The molecule has 3 aromatic rings. The van der Waals surface area contributed by atoms with Crippen LogP contribution in [-0.2, 0) is 11.3 Å². The van der Waals surface area contributed by atoms with Gasteiger partial charge in [-0.3, -0.25) is 9.59 Å². The van der Waals surface area contributed by atoms with Crippen molar-refractivity contribution in [3.8, 4) is 5.75 Å². The first-order valence-electron chi connectivity index (χ1n) is 10.9. The lowest BCUT2D eigenvalue weighted by Gasteiger charge is -2.34. The van der Waals surface area contributed by atoms with Crippen molar-refractivity contribution >= 4 is 22.7 Å². The summed E-state index contributed by atoms with van der Waals surface area (Å²) in [5.74, 6) is 0.496. The fourth-order valence-corrected chi connectivity index (χ4v) is 4.29. The summed E-state index contributed by atoms with van der Waals surface area (Å²) in [5.41, 5.74) is 2.30. The molecule has 7 heteroatoms. The first-order valence-corrected chi connectivity index (χ1v) is 10.9. The Morgan fingerprint density at radius 2 is 1.88 bits per heavy atom. The van der Waals surface area contributed by atoms with E-state index in [2.05, 4.69) is 10.3 Å². The molecule has 32 heavy (non-hydrogen) atoms. The maximum atomic E-state index is 13.0. The van der Waals surface area contributed by atoms with Crippen LogP contribution in [0.25, 0.3) is 10.9 Å². The number of piperidine rings is 1. The van der Waals surface area contributed by atoms with Gasteiger partial charge in [0, 0.05) is 42.5 Å². The Labute approximate surface area is 186 Å². The zero-order chi connectivity index (χ0) is 22.7. The second-order valence-corrected chi connectivity index (χ2v) is 8.40. The number of amides is 2. The van der Waals surface area contributed by atoms with E-state index in [1.165, 1.54) is 12.1 Å². The summed E-state index contributed by atoms with van der Waals surface area (Å²) in [6.45, 7) is 3.56. The highest BCUT2D eigenvalue weighted by atomic mass is 19.1. The summed E-state index contributed by atoms with van der Waals surface area (Å²) in [6, 6.07) is 13.7. The summed E-state index contributed by atoms with van der Waals surface area (Å²) in [7, 11) is 1.62. The molecule has 168 valence electrons. The molecule has 1 unspecified atom stereocenters. The number of benzene rings is 2. The molecule has 2 N–H and O–H groups in total. The number of aromatic nitrogens is 1. The topological polar surface area (TPSA) is 74.4 Å². The minimum Gasteiger partial charge on any atom is -0.497 e. The molecule has 1 aliphatic heterocycles. The van der Waals surface area contributed by atoms with Crippen molar-refractivity contribution in [2.75, 3.05) is 20.2 Å². The number of likely N-dealkylation sites (tertiary alicyclic amines) is 1. The van der Waals surface area contributed by atoms with Gasteiger partial charge in [0.2, 0.25) is 5.91 Å². The summed E-state index contributed by atoms with van der Waals surface area (Å²) in [4.78, 5) is 30.6. The number of methoxy groups -OCH3 is 1. The van der Waals surface area contributed by atoms with Crippen LogP contribution in [-0.4, -0.2) is 41.9 Å². The average molecular weight is 438 g/mol. The van der Waals surface area contributed by atoms with Crippen LogP contribution < -0.4 is 10.1 Å². The molecule has 2 heterocycles. The number of carbonyl (C=O) groups is 2. The van der Waals surface area contributed by atoms with Crippen molar-refractivity contribution in [3.63, 3.8) is 0 Å². The van der Waals surface area contributed by atoms with E-state index in [0.717, 1.165) is 35.1 Å². The highest BCUT2D eigenvalue weighted by Crippen LogP contribution is 2.27. The number of rotatable bonds is 6. The minimum absolute atomic E-state index is 0.0105. The van der Waals surface area contributed by atoms with Crippen LogP contribution in [0.4, 0.5) is 4.39 Å². The molecule has 1 saturated heterocycles. The number of fused-ring (bicyclic) bond motifs is 1. The predicted octanol–water partition coefficient (Wildman–Crippen LogP) is 4.12. The molecule has 1 fully saturated rings. The third-order valence-electron chi connectivity index (χ3n) is 6.39. The van der Waals surface area contributed by atoms with Gasteiger partial charge in [-0.1, -0.05) is 19.1 Å². The lowest BCUT2D eigenvalue weighted by atomic mass is 9.84. The van der Waals surface area contributed by atoms with Crippen LogP contribution in [0.15, 0.2) is 48.5 Å². The number of carbonyl (C=O) groups excluding carboxylic acids is 2. The first-order chi connectivity index (χ1) is 15.4. The van der Waals surface area contributed by atoms with Gasteiger partial charge in [-0.25, -0.2) is 4.39 Å². The normalized spacial score (nSPS) is 15.5. The number of halogens is 1. The maximum absolute atomic E-state index is 13.0. The Balaban J connectivity index is 1.30. The molecule has 0 radical (unpaired) electrons. The maximum Gasteiger partial charge on any atom is 0.270 e. The molecular formula is C25H28FN3O3. The Morgan fingerprint density at radius 1 is 1.16 bits per heavy atom. The second kappa shape index (κ2) is 9.42. The summed E-state index contributed by atoms with van der Waals surface area (Å²) in [6.07, 6.45) is 1.57. The van der Waals surface area contributed by atoms with E-state index in [9.17, 15) is 14.0 Å². The van der Waals surface area contributed by atoms with E-state index in [0.29, 0.717) is 25.3 Å². The fraction of sp³-hybridized carbons (Fsp3) is 0.360. The minimum atomic E-state index is -0.290. The van der Waals surface area contributed by atoms with Crippen molar-refractivity contribution in [2.45, 2.75) is 26.3 Å². The molecule has 6 nitrogen and oxygen atoms in total. The number of H-pyrrole nitrogens is 1. The molecule has 2 amide bonds. The quantitative estimate of drug-likeness (QED) is 0.609. The predicted molar refractivity (Wildman–Crippen MR) is 121 cm³/mol. The zero-order valence-electron chi connectivity index (χ0n) is 18.4. The van der Waals surface area contributed by atoms with Crippen molar-refractivity contribution in [1.29, 1.82) is 0 Å². The van der Waals surface area contributed by atoms with Gasteiger partial charge in [0.25, 0.3) is 5.91 Å². The van der Waals surface area contributed by atoms with Gasteiger partial charge >= 0.3 is 0 Å². The van der Waals surface area contributed by atoms with Crippen molar-refractivity contribution in [3.05, 3.63) is 65.6 Å². The van der Waals surface area contributed by atoms with Crippen molar-refractivity contribution in [1.82, 2.24) is 15.2 Å². The zero-order valence-corrected chi connectivity index (χ0v) is 18.4. The molecule has 1 aromatic heterocycles. The van der Waals surface area contributed by atoms with Crippen LogP contribution >= 0.6 is 0 Å².